The molecule has 1 saturated heterocycles. The van der Waals surface area contributed by atoms with E-state index >= 15 is 0 Å². The first-order valence-electron chi connectivity index (χ1n) is 5.87. The highest BCUT2D eigenvalue weighted by Crippen LogP contribution is 2.37. The van der Waals surface area contributed by atoms with E-state index in [4.69, 9.17) is 4.74 Å². The van der Waals surface area contributed by atoms with Crippen LogP contribution in [-0.4, -0.2) is 35.8 Å². The molecule has 8 heteroatoms. The SMILES string of the molecule is CC[C@H]1CN(c2ncnc(C(F)(F)F)c2Br)CCO1. The predicted octanol–water partition coefficient (Wildman–Crippen LogP) is 2.87. The molecular formula is C11H13BrF3N3O. The maximum absolute atomic E-state index is 12.8. The van der Waals surface area contributed by atoms with Gasteiger partial charge in [-0.2, -0.15) is 13.2 Å². The Labute approximate surface area is 117 Å². The summed E-state index contributed by atoms with van der Waals surface area (Å²) in [4.78, 5) is 9.05. The highest BCUT2D eigenvalue weighted by atomic mass is 79.9. The molecule has 1 aromatic rings. The molecule has 4 nitrogen and oxygen atoms in total. The maximum atomic E-state index is 12.8. The second-order valence-electron chi connectivity index (χ2n) is 4.20. The summed E-state index contributed by atoms with van der Waals surface area (Å²) in [5, 5.41) is 0. The molecular weight excluding hydrogens is 327 g/mol. The number of ether oxygens (including phenoxy) is 1. The van der Waals surface area contributed by atoms with Crippen LogP contribution in [0.4, 0.5) is 19.0 Å². The molecule has 0 aliphatic carbocycles. The molecule has 1 atom stereocenters. The largest absolute Gasteiger partial charge is 0.434 e. The molecule has 2 heterocycles. The molecule has 106 valence electrons. The first-order valence-corrected chi connectivity index (χ1v) is 6.67. The molecule has 19 heavy (non-hydrogen) atoms. The number of anilines is 1. The summed E-state index contributed by atoms with van der Waals surface area (Å²) < 4.78 is 43.7. The van der Waals surface area contributed by atoms with Gasteiger partial charge in [-0.15, -0.1) is 0 Å². The molecule has 0 aromatic carbocycles. The zero-order chi connectivity index (χ0) is 14.0. The van der Waals surface area contributed by atoms with Crippen LogP contribution < -0.4 is 4.90 Å². The van der Waals surface area contributed by atoms with Crippen molar-refractivity contribution >= 4 is 21.7 Å². The lowest BCUT2D eigenvalue weighted by atomic mass is 10.2. The van der Waals surface area contributed by atoms with E-state index in [0.29, 0.717) is 19.7 Å². The Morgan fingerprint density at radius 3 is 2.84 bits per heavy atom. The van der Waals surface area contributed by atoms with E-state index in [9.17, 15) is 13.2 Å². The lowest BCUT2D eigenvalue weighted by Gasteiger charge is -2.34. The van der Waals surface area contributed by atoms with Crippen molar-refractivity contribution in [2.45, 2.75) is 25.6 Å². The Hall–Kier alpha value is -0.890. The van der Waals surface area contributed by atoms with Crippen molar-refractivity contribution < 1.29 is 17.9 Å². The van der Waals surface area contributed by atoms with Crippen molar-refractivity contribution in [1.82, 2.24) is 9.97 Å². The molecule has 2 rings (SSSR count). The first kappa shape index (κ1) is 14.5. The second kappa shape index (κ2) is 5.62. The van der Waals surface area contributed by atoms with Crippen molar-refractivity contribution in [3.63, 3.8) is 0 Å². The van der Waals surface area contributed by atoms with Crippen LogP contribution in [-0.2, 0) is 10.9 Å². The highest BCUT2D eigenvalue weighted by Gasteiger charge is 2.37. The van der Waals surface area contributed by atoms with Crippen LogP contribution in [0.2, 0.25) is 0 Å². The van der Waals surface area contributed by atoms with Crippen molar-refractivity contribution in [1.29, 1.82) is 0 Å². The van der Waals surface area contributed by atoms with Gasteiger partial charge in [0.1, 0.15) is 12.1 Å². The number of morpholine rings is 1. The van der Waals surface area contributed by atoms with E-state index < -0.39 is 11.9 Å². The highest BCUT2D eigenvalue weighted by molar-refractivity contribution is 9.10. The van der Waals surface area contributed by atoms with Crippen molar-refractivity contribution in [3.05, 3.63) is 16.5 Å². The van der Waals surface area contributed by atoms with Gasteiger partial charge in [-0.1, -0.05) is 6.92 Å². The van der Waals surface area contributed by atoms with Crippen LogP contribution >= 0.6 is 15.9 Å². The molecule has 1 aromatic heterocycles. The second-order valence-corrected chi connectivity index (χ2v) is 5.00. The summed E-state index contributed by atoms with van der Waals surface area (Å²) >= 11 is 2.97. The van der Waals surface area contributed by atoms with E-state index in [1.165, 1.54) is 0 Å². The number of halogens is 4. The van der Waals surface area contributed by atoms with Crippen LogP contribution in [0.15, 0.2) is 10.8 Å². The summed E-state index contributed by atoms with van der Waals surface area (Å²) in [5.41, 5.74) is -0.947. The Kier molecular flexibility index (Phi) is 4.29. The van der Waals surface area contributed by atoms with Gasteiger partial charge in [-0.05, 0) is 22.4 Å². The first-order chi connectivity index (χ1) is 8.93. The van der Waals surface area contributed by atoms with Crippen molar-refractivity contribution in [3.8, 4) is 0 Å². The van der Waals surface area contributed by atoms with Crippen LogP contribution in [0.3, 0.4) is 0 Å². The van der Waals surface area contributed by atoms with Gasteiger partial charge in [-0.3, -0.25) is 0 Å². The van der Waals surface area contributed by atoms with Crippen LogP contribution in [0, 0.1) is 0 Å². The topological polar surface area (TPSA) is 38.2 Å². The van der Waals surface area contributed by atoms with Gasteiger partial charge < -0.3 is 9.64 Å². The Balaban J connectivity index is 2.30. The molecule has 0 spiro atoms. The summed E-state index contributed by atoms with van der Waals surface area (Å²) in [6.45, 7) is 3.51. The number of hydrogen-bond acceptors (Lipinski definition) is 4. The van der Waals surface area contributed by atoms with Gasteiger partial charge in [0.05, 0.1) is 17.2 Å². The lowest BCUT2D eigenvalue weighted by Crippen LogP contribution is -2.43. The maximum Gasteiger partial charge on any atom is 0.434 e. The van der Waals surface area contributed by atoms with Crippen LogP contribution in [0.5, 0.6) is 0 Å². The fraction of sp³-hybridized carbons (Fsp3) is 0.636. The molecule has 0 N–H and O–H groups in total. The standard InChI is InChI=1S/C11H13BrF3N3O/c1-2-7-5-18(3-4-19-7)10-8(12)9(11(13,14)15)16-6-17-10/h6-7H,2-5H2,1H3/t7-/m0/s1. The van der Waals surface area contributed by atoms with Gasteiger partial charge in [0.15, 0.2) is 5.69 Å². The van der Waals surface area contributed by atoms with Gasteiger partial charge in [0.25, 0.3) is 0 Å². The third kappa shape index (κ3) is 3.17. The van der Waals surface area contributed by atoms with Gasteiger partial charge >= 0.3 is 6.18 Å². The Morgan fingerprint density at radius 2 is 2.21 bits per heavy atom. The third-order valence-corrected chi connectivity index (χ3v) is 3.66. The van der Waals surface area contributed by atoms with Gasteiger partial charge in [-0.25, -0.2) is 9.97 Å². The number of alkyl halides is 3. The smallest absolute Gasteiger partial charge is 0.375 e. The minimum Gasteiger partial charge on any atom is -0.375 e. The number of nitrogens with zero attached hydrogens (tertiary/aromatic N) is 3. The minimum atomic E-state index is -4.49. The summed E-state index contributed by atoms with van der Waals surface area (Å²) in [5.74, 6) is 0.268. The fourth-order valence-electron chi connectivity index (χ4n) is 1.94. The molecule has 0 amide bonds. The van der Waals surface area contributed by atoms with Gasteiger partial charge in [0.2, 0.25) is 0 Å². The predicted molar refractivity (Wildman–Crippen MR) is 67.0 cm³/mol. The van der Waals surface area contributed by atoms with E-state index in [1.807, 2.05) is 6.92 Å². The summed E-state index contributed by atoms with van der Waals surface area (Å²) in [6, 6.07) is 0. The zero-order valence-electron chi connectivity index (χ0n) is 10.2. The van der Waals surface area contributed by atoms with Gasteiger partial charge in [0, 0.05) is 13.1 Å². The zero-order valence-corrected chi connectivity index (χ0v) is 11.8. The molecule has 0 radical (unpaired) electrons. The summed E-state index contributed by atoms with van der Waals surface area (Å²) in [6.07, 6.45) is -2.72. The normalized spacial score (nSPS) is 20.7. The van der Waals surface area contributed by atoms with E-state index in [1.54, 1.807) is 4.90 Å². The summed E-state index contributed by atoms with van der Waals surface area (Å²) in [7, 11) is 0. The average Bonchev–Trinajstić information content (AvgIpc) is 2.37. The van der Waals surface area contributed by atoms with E-state index in [0.717, 1.165) is 12.7 Å². The average molecular weight is 340 g/mol. The molecule has 0 bridgehead atoms. The monoisotopic (exact) mass is 339 g/mol. The Morgan fingerprint density at radius 1 is 1.47 bits per heavy atom. The molecule has 1 fully saturated rings. The lowest BCUT2D eigenvalue weighted by molar-refractivity contribution is -0.141. The van der Waals surface area contributed by atoms with Crippen LogP contribution in [0.1, 0.15) is 19.0 Å². The fourth-order valence-corrected chi connectivity index (χ4v) is 2.62. The number of aromatic nitrogens is 2. The molecule has 1 aliphatic rings. The van der Waals surface area contributed by atoms with Crippen LogP contribution in [0.25, 0.3) is 0 Å². The minimum absolute atomic E-state index is 0.0185. The molecule has 1 aliphatic heterocycles. The molecule has 0 unspecified atom stereocenters. The third-order valence-electron chi connectivity index (χ3n) is 2.93. The number of rotatable bonds is 2. The quantitative estimate of drug-likeness (QED) is 0.830. The van der Waals surface area contributed by atoms with E-state index in [2.05, 4.69) is 25.9 Å². The Bertz CT molecular complexity index is 455. The molecule has 0 saturated carbocycles. The number of hydrogen-bond donors (Lipinski definition) is 0. The van der Waals surface area contributed by atoms with Crippen molar-refractivity contribution in [2.24, 2.45) is 0 Å². The van der Waals surface area contributed by atoms with E-state index in [-0.39, 0.29) is 16.4 Å². The van der Waals surface area contributed by atoms with Crippen molar-refractivity contribution in [2.75, 3.05) is 24.6 Å².